The first-order chi connectivity index (χ1) is 6.35. The summed E-state index contributed by atoms with van der Waals surface area (Å²) in [5.74, 6) is 0.758. The molecule has 14 heavy (non-hydrogen) atoms. The number of rotatable bonds is 6. The van der Waals surface area contributed by atoms with E-state index in [1.54, 1.807) is 0 Å². The first-order valence-corrected chi connectivity index (χ1v) is 6.13. The summed E-state index contributed by atoms with van der Waals surface area (Å²) in [6, 6.07) is 0. The lowest BCUT2D eigenvalue weighted by Crippen LogP contribution is -2.29. The summed E-state index contributed by atoms with van der Waals surface area (Å²) in [5, 5.41) is 3.69. The minimum Gasteiger partial charge on any atom is -0.315 e. The Hall–Kier alpha value is 0.250. The highest BCUT2D eigenvalue weighted by molar-refractivity contribution is 6.20. The first-order valence-electron chi connectivity index (χ1n) is 5.70. The molecule has 0 spiro atoms. The van der Waals surface area contributed by atoms with Crippen LogP contribution in [-0.4, -0.2) is 18.5 Å². The Morgan fingerprint density at radius 3 is 2.21 bits per heavy atom. The third-order valence-corrected chi connectivity index (χ3v) is 2.70. The van der Waals surface area contributed by atoms with Crippen LogP contribution in [0.25, 0.3) is 0 Å². The van der Waals surface area contributed by atoms with Crippen LogP contribution in [-0.2, 0) is 0 Å². The Morgan fingerprint density at radius 1 is 1.21 bits per heavy atom. The fraction of sp³-hybridized carbons (Fsp3) is 1.00. The SMILES string of the molecule is CCC(C)CNCC(Cl)CC(C)(C)C. The average molecular weight is 220 g/mol. The van der Waals surface area contributed by atoms with Gasteiger partial charge in [0, 0.05) is 11.9 Å². The zero-order chi connectivity index (χ0) is 11.2. The summed E-state index contributed by atoms with van der Waals surface area (Å²) in [4.78, 5) is 0. The average Bonchev–Trinajstić information content (AvgIpc) is 2.00. The van der Waals surface area contributed by atoms with Gasteiger partial charge >= 0.3 is 0 Å². The third-order valence-electron chi connectivity index (χ3n) is 2.39. The summed E-state index contributed by atoms with van der Waals surface area (Å²) in [6.07, 6.45) is 2.31. The number of hydrogen-bond donors (Lipinski definition) is 1. The van der Waals surface area contributed by atoms with Crippen LogP contribution in [0.2, 0.25) is 0 Å². The zero-order valence-electron chi connectivity index (χ0n) is 10.4. The molecule has 0 rings (SSSR count). The van der Waals surface area contributed by atoms with Crippen LogP contribution >= 0.6 is 11.6 Å². The predicted molar refractivity (Wildman–Crippen MR) is 66.0 cm³/mol. The third kappa shape index (κ3) is 8.83. The molecule has 0 fully saturated rings. The molecule has 86 valence electrons. The maximum Gasteiger partial charge on any atom is 0.0465 e. The van der Waals surface area contributed by atoms with E-state index in [-0.39, 0.29) is 5.38 Å². The molecule has 0 saturated heterocycles. The molecule has 0 aliphatic heterocycles. The van der Waals surface area contributed by atoms with Gasteiger partial charge in [-0.15, -0.1) is 11.6 Å². The van der Waals surface area contributed by atoms with E-state index in [0.29, 0.717) is 5.41 Å². The standard InChI is InChI=1S/C12H26ClN/c1-6-10(2)8-14-9-11(13)7-12(3,4)5/h10-11,14H,6-9H2,1-5H3. The van der Waals surface area contributed by atoms with Crippen LogP contribution in [0.15, 0.2) is 0 Å². The minimum atomic E-state index is 0.263. The van der Waals surface area contributed by atoms with Crippen LogP contribution in [0.1, 0.15) is 47.5 Å². The number of halogens is 1. The fourth-order valence-corrected chi connectivity index (χ4v) is 1.94. The van der Waals surface area contributed by atoms with Crippen molar-refractivity contribution in [3.63, 3.8) is 0 Å². The lowest BCUT2D eigenvalue weighted by Gasteiger charge is -2.22. The van der Waals surface area contributed by atoms with E-state index in [1.807, 2.05) is 0 Å². The van der Waals surface area contributed by atoms with E-state index in [0.717, 1.165) is 25.4 Å². The van der Waals surface area contributed by atoms with E-state index in [9.17, 15) is 0 Å². The highest BCUT2D eigenvalue weighted by atomic mass is 35.5. The molecule has 2 heteroatoms. The predicted octanol–water partition coefficient (Wildman–Crippen LogP) is 3.67. The molecule has 0 aliphatic carbocycles. The fourth-order valence-electron chi connectivity index (χ4n) is 1.37. The summed E-state index contributed by atoms with van der Waals surface area (Å²) >= 11 is 6.23. The monoisotopic (exact) mass is 219 g/mol. The number of nitrogens with one attached hydrogen (secondary N) is 1. The van der Waals surface area contributed by atoms with Gasteiger partial charge < -0.3 is 5.32 Å². The molecule has 0 radical (unpaired) electrons. The Kier molecular flexibility index (Phi) is 6.80. The maximum absolute atomic E-state index is 6.23. The Labute approximate surface area is 94.6 Å². The molecule has 0 aromatic heterocycles. The van der Waals surface area contributed by atoms with Crippen molar-refractivity contribution in [2.24, 2.45) is 11.3 Å². The van der Waals surface area contributed by atoms with Crippen LogP contribution in [0.3, 0.4) is 0 Å². The molecule has 0 bridgehead atoms. The second-order valence-corrected chi connectivity index (χ2v) is 6.15. The molecule has 0 aliphatic rings. The molecule has 1 N–H and O–H groups in total. The second-order valence-electron chi connectivity index (χ2n) is 5.53. The second kappa shape index (κ2) is 6.68. The number of hydrogen-bond acceptors (Lipinski definition) is 1. The molecule has 0 heterocycles. The molecule has 0 saturated carbocycles. The minimum absolute atomic E-state index is 0.263. The van der Waals surface area contributed by atoms with Crippen molar-refractivity contribution in [1.82, 2.24) is 5.32 Å². The quantitative estimate of drug-likeness (QED) is 0.673. The van der Waals surface area contributed by atoms with Gasteiger partial charge in [-0.1, -0.05) is 41.0 Å². The molecule has 2 atom stereocenters. The van der Waals surface area contributed by atoms with Gasteiger partial charge in [0.2, 0.25) is 0 Å². The van der Waals surface area contributed by atoms with Gasteiger partial charge in [0.25, 0.3) is 0 Å². The topological polar surface area (TPSA) is 12.0 Å². The van der Waals surface area contributed by atoms with Gasteiger partial charge in [0.1, 0.15) is 0 Å². The Morgan fingerprint density at radius 2 is 1.79 bits per heavy atom. The van der Waals surface area contributed by atoms with E-state index < -0.39 is 0 Å². The zero-order valence-corrected chi connectivity index (χ0v) is 11.1. The van der Waals surface area contributed by atoms with Crippen molar-refractivity contribution in [3.8, 4) is 0 Å². The van der Waals surface area contributed by atoms with Crippen molar-refractivity contribution in [2.75, 3.05) is 13.1 Å². The lowest BCUT2D eigenvalue weighted by atomic mass is 9.90. The van der Waals surface area contributed by atoms with Gasteiger partial charge in [0.15, 0.2) is 0 Å². The van der Waals surface area contributed by atoms with Crippen LogP contribution in [0, 0.1) is 11.3 Å². The molecule has 0 amide bonds. The van der Waals surface area contributed by atoms with Crippen LogP contribution in [0.5, 0.6) is 0 Å². The van der Waals surface area contributed by atoms with Crippen molar-refractivity contribution in [1.29, 1.82) is 0 Å². The largest absolute Gasteiger partial charge is 0.315 e. The normalized spacial score (nSPS) is 16.7. The van der Waals surface area contributed by atoms with Gasteiger partial charge in [-0.05, 0) is 24.3 Å². The summed E-state index contributed by atoms with van der Waals surface area (Å²) in [6.45, 7) is 13.2. The molecule has 1 nitrogen and oxygen atoms in total. The van der Waals surface area contributed by atoms with Gasteiger partial charge in [0.05, 0.1) is 0 Å². The Balaban J connectivity index is 3.50. The summed E-state index contributed by atoms with van der Waals surface area (Å²) < 4.78 is 0. The van der Waals surface area contributed by atoms with Crippen LogP contribution in [0.4, 0.5) is 0 Å². The van der Waals surface area contributed by atoms with Gasteiger partial charge in [-0.3, -0.25) is 0 Å². The Bertz CT molecular complexity index is 140. The molecular weight excluding hydrogens is 194 g/mol. The molecule has 2 unspecified atom stereocenters. The van der Waals surface area contributed by atoms with Crippen molar-refractivity contribution in [3.05, 3.63) is 0 Å². The van der Waals surface area contributed by atoms with Crippen molar-refractivity contribution >= 4 is 11.6 Å². The lowest BCUT2D eigenvalue weighted by molar-refractivity contribution is 0.361. The van der Waals surface area contributed by atoms with E-state index in [2.05, 4.69) is 39.9 Å². The first kappa shape index (κ1) is 14.2. The van der Waals surface area contributed by atoms with Gasteiger partial charge in [-0.25, -0.2) is 0 Å². The smallest absolute Gasteiger partial charge is 0.0465 e. The van der Waals surface area contributed by atoms with Crippen molar-refractivity contribution in [2.45, 2.75) is 52.8 Å². The molecular formula is C12H26ClN. The van der Waals surface area contributed by atoms with Crippen molar-refractivity contribution < 1.29 is 0 Å². The summed E-state index contributed by atoms with van der Waals surface area (Å²) in [5.41, 5.74) is 0.338. The van der Waals surface area contributed by atoms with E-state index in [4.69, 9.17) is 11.6 Å². The number of alkyl halides is 1. The molecule has 0 aromatic rings. The van der Waals surface area contributed by atoms with Gasteiger partial charge in [-0.2, -0.15) is 0 Å². The highest BCUT2D eigenvalue weighted by Crippen LogP contribution is 2.23. The highest BCUT2D eigenvalue weighted by Gasteiger charge is 2.16. The maximum atomic E-state index is 6.23. The van der Waals surface area contributed by atoms with E-state index >= 15 is 0 Å². The molecule has 0 aromatic carbocycles. The summed E-state index contributed by atoms with van der Waals surface area (Å²) in [7, 11) is 0. The van der Waals surface area contributed by atoms with Crippen LogP contribution < -0.4 is 5.32 Å². The van der Waals surface area contributed by atoms with E-state index in [1.165, 1.54) is 6.42 Å².